The third-order valence-electron chi connectivity index (χ3n) is 4.33. The predicted molar refractivity (Wildman–Crippen MR) is 78.1 cm³/mol. The summed E-state index contributed by atoms with van der Waals surface area (Å²) in [6.45, 7) is 11.4. The average molecular weight is 246 g/mol. The van der Waals surface area contributed by atoms with E-state index in [1.54, 1.807) is 0 Å². The highest BCUT2D eigenvalue weighted by Crippen LogP contribution is 2.30. The van der Waals surface area contributed by atoms with Crippen molar-refractivity contribution in [2.45, 2.75) is 46.2 Å². The quantitative estimate of drug-likeness (QED) is 0.882. The van der Waals surface area contributed by atoms with Crippen molar-refractivity contribution >= 4 is 0 Å². The van der Waals surface area contributed by atoms with Crippen LogP contribution in [0.15, 0.2) is 12.1 Å². The summed E-state index contributed by atoms with van der Waals surface area (Å²) >= 11 is 0. The molecule has 2 heteroatoms. The van der Waals surface area contributed by atoms with E-state index in [0.29, 0.717) is 12.1 Å². The molecule has 1 saturated heterocycles. The van der Waals surface area contributed by atoms with E-state index in [4.69, 9.17) is 0 Å². The van der Waals surface area contributed by atoms with Crippen molar-refractivity contribution in [3.05, 3.63) is 34.4 Å². The molecular weight excluding hydrogens is 220 g/mol. The van der Waals surface area contributed by atoms with E-state index in [-0.39, 0.29) is 0 Å². The molecule has 2 unspecified atom stereocenters. The number of hydrogen-bond acceptors (Lipinski definition) is 2. The maximum atomic E-state index is 3.40. The molecule has 1 aliphatic rings. The van der Waals surface area contributed by atoms with E-state index in [1.807, 2.05) is 0 Å². The Bertz CT molecular complexity index is 402. The zero-order valence-electron chi connectivity index (χ0n) is 12.4. The average Bonchev–Trinajstić information content (AvgIpc) is 2.75. The fraction of sp³-hybridized carbons (Fsp3) is 0.625. The zero-order chi connectivity index (χ0) is 13.3. The molecule has 1 aromatic carbocycles. The van der Waals surface area contributed by atoms with Crippen LogP contribution < -0.4 is 5.32 Å². The second-order valence-corrected chi connectivity index (χ2v) is 5.76. The first kappa shape index (κ1) is 13.6. The van der Waals surface area contributed by atoms with E-state index >= 15 is 0 Å². The summed E-state index contributed by atoms with van der Waals surface area (Å²) in [7, 11) is 2.07. The number of nitrogens with one attached hydrogen (secondary N) is 1. The predicted octanol–water partition coefficient (Wildman–Crippen LogP) is 2.97. The normalized spacial score (nSPS) is 22.4. The lowest BCUT2D eigenvalue weighted by atomic mass is 9.94. The Morgan fingerprint density at radius 1 is 1.22 bits per heavy atom. The maximum absolute atomic E-state index is 3.40. The lowest BCUT2D eigenvalue weighted by Gasteiger charge is -2.28. The lowest BCUT2D eigenvalue weighted by molar-refractivity contribution is 0.255. The van der Waals surface area contributed by atoms with Gasteiger partial charge in [0, 0.05) is 25.2 Å². The van der Waals surface area contributed by atoms with E-state index in [1.165, 1.54) is 41.8 Å². The fourth-order valence-corrected chi connectivity index (χ4v) is 3.41. The van der Waals surface area contributed by atoms with Crippen LogP contribution in [0.2, 0.25) is 0 Å². The Morgan fingerprint density at radius 3 is 2.33 bits per heavy atom. The fourth-order valence-electron chi connectivity index (χ4n) is 3.41. The molecular formula is C16H26N2. The Hall–Kier alpha value is -0.860. The Labute approximate surface area is 111 Å². The highest BCUT2D eigenvalue weighted by molar-refractivity contribution is 5.39. The van der Waals surface area contributed by atoms with Crippen molar-refractivity contribution in [1.29, 1.82) is 0 Å². The van der Waals surface area contributed by atoms with E-state index in [0.717, 1.165) is 0 Å². The van der Waals surface area contributed by atoms with Crippen LogP contribution in [0.3, 0.4) is 0 Å². The van der Waals surface area contributed by atoms with Gasteiger partial charge in [0.05, 0.1) is 0 Å². The van der Waals surface area contributed by atoms with Crippen LogP contribution in [-0.2, 0) is 0 Å². The maximum Gasteiger partial charge on any atom is 0.0325 e. The second kappa shape index (κ2) is 5.41. The number of rotatable bonds is 3. The standard InChI is InChI=1S/C16H26N2/c1-11-8-12(2)16(13(3)9-11)14(4)18-7-6-15(10-18)17-5/h8-9,14-15,17H,6-7,10H2,1-5H3. The van der Waals surface area contributed by atoms with E-state index < -0.39 is 0 Å². The van der Waals surface area contributed by atoms with Crippen molar-refractivity contribution in [1.82, 2.24) is 10.2 Å². The van der Waals surface area contributed by atoms with Gasteiger partial charge in [0.2, 0.25) is 0 Å². The number of hydrogen-bond donors (Lipinski definition) is 1. The van der Waals surface area contributed by atoms with Gasteiger partial charge in [-0.25, -0.2) is 0 Å². The highest BCUT2D eigenvalue weighted by Gasteiger charge is 2.27. The molecule has 1 heterocycles. The van der Waals surface area contributed by atoms with Gasteiger partial charge in [0.15, 0.2) is 0 Å². The van der Waals surface area contributed by atoms with Gasteiger partial charge in [-0.15, -0.1) is 0 Å². The molecule has 0 saturated carbocycles. The van der Waals surface area contributed by atoms with Crippen LogP contribution in [0.25, 0.3) is 0 Å². The molecule has 0 bridgehead atoms. The zero-order valence-corrected chi connectivity index (χ0v) is 12.4. The van der Waals surface area contributed by atoms with Crippen molar-refractivity contribution in [2.24, 2.45) is 0 Å². The summed E-state index contributed by atoms with van der Waals surface area (Å²) in [5, 5.41) is 3.40. The van der Waals surface area contributed by atoms with Crippen molar-refractivity contribution in [3.63, 3.8) is 0 Å². The topological polar surface area (TPSA) is 15.3 Å². The van der Waals surface area contributed by atoms with Gasteiger partial charge >= 0.3 is 0 Å². The van der Waals surface area contributed by atoms with Crippen molar-refractivity contribution in [3.8, 4) is 0 Å². The molecule has 18 heavy (non-hydrogen) atoms. The molecule has 1 N–H and O–H groups in total. The largest absolute Gasteiger partial charge is 0.316 e. The van der Waals surface area contributed by atoms with Crippen LogP contribution in [0.5, 0.6) is 0 Å². The van der Waals surface area contributed by atoms with Gasteiger partial charge in [-0.2, -0.15) is 0 Å². The third-order valence-corrected chi connectivity index (χ3v) is 4.33. The number of likely N-dealkylation sites (N-methyl/N-ethyl adjacent to an activating group) is 1. The van der Waals surface area contributed by atoms with Crippen LogP contribution in [-0.4, -0.2) is 31.1 Å². The number of aryl methyl sites for hydroxylation is 3. The summed E-state index contributed by atoms with van der Waals surface area (Å²) < 4.78 is 0. The summed E-state index contributed by atoms with van der Waals surface area (Å²) in [5.41, 5.74) is 5.77. The monoisotopic (exact) mass is 246 g/mol. The number of nitrogens with zero attached hydrogens (tertiary/aromatic N) is 1. The summed E-state index contributed by atoms with van der Waals surface area (Å²) in [5.74, 6) is 0. The van der Waals surface area contributed by atoms with Gasteiger partial charge < -0.3 is 5.32 Å². The molecule has 0 radical (unpaired) electrons. The molecule has 1 fully saturated rings. The lowest BCUT2D eigenvalue weighted by Crippen LogP contribution is -2.31. The van der Waals surface area contributed by atoms with Gasteiger partial charge in [-0.3, -0.25) is 4.90 Å². The Morgan fingerprint density at radius 2 is 1.83 bits per heavy atom. The smallest absolute Gasteiger partial charge is 0.0325 e. The molecule has 0 aliphatic carbocycles. The molecule has 100 valence electrons. The first-order chi connectivity index (χ1) is 8.52. The molecule has 2 nitrogen and oxygen atoms in total. The summed E-state index contributed by atoms with van der Waals surface area (Å²) in [6.07, 6.45) is 1.27. The minimum absolute atomic E-state index is 0.531. The van der Waals surface area contributed by atoms with Gasteiger partial charge in [-0.1, -0.05) is 17.7 Å². The first-order valence-electron chi connectivity index (χ1n) is 7.02. The van der Waals surface area contributed by atoms with Crippen LogP contribution >= 0.6 is 0 Å². The molecule has 1 aliphatic heterocycles. The molecule has 2 atom stereocenters. The van der Waals surface area contributed by atoms with Crippen molar-refractivity contribution in [2.75, 3.05) is 20.1 Å². The van der Waals surface area contributed by atoms with E-state index in [2.05, 4.69) is 57.1 Å². The summed E-state index contributed by atoms with van der Waals surface area (Å²) in [4.78, 5) is 2.60. The first-order valence-corrected chi connectivity index (χ1v) is 7.02. The SMILES string of the molecule is CNC1CCN(C(C)c2c(C)cc(C)cc2C)C1. The Kier molecular flexibility index (Phi) is 4.08. The van der Waals surface area contributed by atoms with Crippen molar-refractivity contribution < 1.29 is 0 Å². The van der Waals surface area contributed by atoms with E-state index in [9.17, 15) is 0 Å². The minimum Gasteiger partial charge on any atom is -0.316 e. The second-order valence-electron chi connectivity index (χ2n) is 5.76. The van der Waals surface area contributed by atoms with Gasteiger partial charge in [-0.05, 0) is 57.9 Å². The molecule has 0 aromatic heterocycles. The number of benzene rings is 1. The Balaban J connectivity index is 2.21. The highest BCUT2D eigenvalue weighted by atomic mass is 15.2. The van der Waals surface area contributed by atoms with Crippen LogP contribution in [0, 0.1) is 20.8 Å². The molecule has 1 aromatic rings. The summed E-state index contributed by atoms with van der Waals surface area (Å²) in [6, 6.07) is 5.82. The van der Waals surface area contributed by atoms with Crippen LogP contribution in [0.4, 0.5) is 0 Å². The van der Waals surface area contributed by atoms with Gasteiger partial charge in [0.1, 0.15) is 0 Å². The molecule has 2 rings (SSSR count). The van der Waals surface area contributed by atoms with Gasteiger partial charge in [0.25, 0.3) is 0 Å². The third kappa shape index (κ3) is 2.60. The molecule has 0 spiro atoms. The van der Waals surface area contributed by atoms with Crippen LogP contribution in [0.1, 0.15) is 41.6 Å². The molecule has 0 amide bonds. The number of likely N-dealkylation sites (tertiary alicyclic amines) is 1. The minimum atomic E-state index is 0.531.